The molecule has 0 aliphatic heterocycles. The second kappa shape index (κ2) is 5.93. The topological polar surface area (TPSA) is 50.9 Å². The molecule has 0 radical (unpaired) electrons. The van der Waals surface area contributed by atoms with E-state index >= 15 is 0 Å². The summed E-state index contributed by atoms with van der Waals surface area (Å²) < 4.78 is 0. The van der Waals surface area contributed by atoms with E-state index < -0.39 is 0 Å². The number of pyridine rings is 1. The molecule has 0 aliphatic carbocycles. The number of hydrogen-bond donors (Lipinski definition) is 2. The van der Waals surface area contributed by atoms with E-state index in [0.717, 1.165) is 12.2 Å². The van der Waals surface area contributed by atoms with Gasteiger partial charge in [0.15, 0.2) is 5.15 Å². The number of nitrogens with zero attached hydrogens (tertiary/aromatic N) is 1. The monoisotopic (exact) mass is 227 g/mol. The van der Waals surface area contributed by atoms with Crippen molar-refractivity contribution in [3.8, 4) is 0 Å². The Balaban J connectivity index is 2.53. The van der Waals surface area contributed by atoms with Crippen molar-refractivity contribution in [2.45, 2.75) is 13.8 Å². The van der Waals surface area contributed by atoms with Gasteiger partial charge in [-0.25, -0.2) is 4.98 Å². The molecule has 0 aliphatic rings. The first-order valence-corrected chi connectivity index (χ1v) is 5.57. The molecule has 1 aromatic rings. The van der Waals surface area contributed by atoms with Crippen LogP contribution in [0, 0.1) is 11.8 Å². The zero-order valence-corrected chi connectivity index (χ0v) is 9.96. The van der Waals surface area contributed by atoms with Gasteiger partial charge in [0.1, 0.15) is 0 Å². The second-order valence-electron chi connectivity index (χ2n) is 3.96. The number of aromatic nitrogens is 1. The Morgan fingerprint density at radius 3 is 2.80 bits per heavy atom. The number of nitrogens with two attached hydrogens (primary N) is 1. The van der Waals surface area contributed by atoms with Gasteiger partial charge in [-0.15, -0.1) is 0 Å². The van der Waals surface area contributed by atoms with E-state index in [9.17, 15) is 0 Å². The summed E-state index contributed by atoms with van der Waals surface area (Å²) >= 11 is 5.93. The van der Waals surface area contributed by atoms with Crippen molar-refractivity contribution >= 4 is 17.3 Å². The predicted molar refractivity (Wildman–Crippen MR) is 65.1 cm³/mol. The molecular formula is C11H18ClN3. The smallest absolute Gasteiger partial charge is 0.152 e. The molecule has 1 heterocycles. The van der Waals surface area contributed by atoms with Crippen molar-refractivity contribution in [3.05, 3.63) is 23.5 Å². The molecule has 3 nitrogen and oxygen atoms in total. The maximum absolute atomic E-state index is 5.93. The van der Waals surface area contributed by atoms with Crippen LogP contribution < -0.4 is 11.1 Å². The number of nitrogens with one attached hydrogen (secondary N) is 1. The fourth-order valence-corrected chi connectivity index (χ4v) is 1.54. The van der Waals surface area contributed by atoms with Gasteiger partial charge in [0.25, 0.3) is 0 Å². The van der Waals surface area contributed by atoms with Crippen LogP contribution in [-0.4, -0.2) is 18.1 Å². The molecule has 84 valence electrons. The highest BCUT2D eigenvalue weighted by Crippen LogP contribution is 2.18. The van der Waals surface area contributed by atoms with Crippen molar-refractivity contribution in [1.29, 1.82) is 0 Å². The Morgan fingerprint density at radius 1 is 1.53 bits per heavy atom. The van der Waals surface area contributed by atoms with E-state index in [-0.39, 0.29) is 0 Å². The van der Waals surface area contributed by atoms with Crippen LogP contribution >= 0.6 is 11.6 Å². The van der Waals surface area contributed by atoms with Gasteiger partial charge in [-0.3, -0.25) is 0 Å². The summed E-state index contributed by atoms with van der Waals surface area (Å²) in [5.41, 5.74) is 6.56. The minimum atomic E-state index is 0.460. The van der Waals surface area contributed by atoms with Crippen molar-refractivity contribution in [3.63, 3.8) is 0 Å². The fraction of sp³-hybridized carbons (Fsp3) is 0.545. The molecule has 1 unspecified atom stereocenters. The molecule has 4 heteroatoms. The fourth-order valence-electron chi connectivity index (χ4n) is 1.35. The maximum atomic E-state index is 5.93. The van der Waals surface area contributed by atoms with Gasteiger partial charge in [0.2, 0.25) is 0 Å². The maximum Gasteiger partial charge on any atom is 0.152 e. The van der Waals surface area contributed by atoms with Crippen LogP contribution in [-0.2, 0) is 0 Å². The van der Waals surface area contributed by atoms with Gasteiger partial charge in [0.05, 0.1) is 5.69 Å². The van der Waals surface area contributed by atoms with Crippen LogP contribution in [0.15, 0.2) is 18.3 Å². The molecule has 15 heavy (non-hydrogen) atoms. The van der Waals surface area contributed by atoms with Crippen LogP contribution in [0.2, 0.25) is 5.15 Å². The third kappa shape index (κ3) is 3.68. The molecule has 1 aromatic heterocycles. The van der Waals surface area contributed by atoms with Gasteiger partial charge >= 0.3 is 0 Å². The van der Waals surface area contributed by atoms with E-state index in [1.165, 1.54) is 0 Å². The molecule has 0 amide bonds. The first-order chi connectivity index (χ1) is 7.15. The van der Waals surface area contributed by atoms with E-state index in [1.54, 1.807) is 6.20 Å². The lowest BCUT2D eigenvalue weighted by Crippen LogP contribution is -2.27. The Hall–Kier alpha value is -0.800. The van der Waals surface area contributed by atoms with Crippen LogP contribution in [0.3, 0.4) is 0 Å². The SMILES string of the molecule is CC(C)C(CN)CNc1cccnc1Cl. The van der Waals surface area contributed by atoms with Gasteiger partial charge in [0, 0.05) is 12.7 Å². The Labute approximate surface area is 96.0 Å². The lowest BCUT2D eigenvalue weighted by molar-refractivity contribution is 0.413. The molecule has 0 spiro atoms. The van der Waals surface area contributed by atoms with Crippen LogP contribution in [0.5, 0.6) is 0 Å². The summed E-state index contributed by atoms with van der Waals surface area (Å²) in [4.78, 5) is 4.00. The first-order valence-electron chi connectivity index (χ1n) is 5.19. The van der Waals surface area contributed by atoms with Crippen molar-refractivity contribution in [2.24, 2.45) is 17.6 Å². The molecule has 0 aromatic carbocycles. The molecule has 0 saturated carbocycles. The van der Waals surface area contributed by atoms with E-state index in [4.69, 9.17) is 17.3 Å². The molecule has 0 saturated heterocycles. The number of anilines is 1. The summed E-state index contributed by atoms with van der Waals surface area (Å²) in [5, 5.41) is 3.78. The van der Waals surface area contributed by atoms with Crippen molar-refractivity contribution in [1.82, 2.24) is 4.98 Å². The Bertz CT molecular complexity index is 302. The number of halogens is 1. The molecule has 1 atom stereocenters. The van der Waals surface area contributed by atoms with Crippen LogP contribution in [0.1, 0.15) is 13.8 Å². The quantitative estimate of drug-likeness (QED) is 0.760. The summed E-state index contributed by atoms with van der Waals surface area (Å²) in [6.45, 7) is 5.86. The molecular weight excluding hydrogens is 210 g/mol. The summed E-state index contributed by atoms with van der Waals surface area (Å²) in [6.07, 6.45) is 1.68. The van der Waals surface area contributed by atoms with Gasteiger partial charge in [-0.2, -0.15) is 0 Å². The number of rotatable bonds is 5. The van der Waals surface area contributed by atoms with Crippen LogP contribution in [0.25, 0.3) is 0 Å². The molecule has 0 fully saturated rings. The van der Waals surface area contributed by atoms with E-state index in [1.807, 2.05) is 12.1 Å². The molecule has 1 rings (SSSR count). The van der Waals surface area contributed by atoms with Gasteiger partial charge in [-0.05, 0) is 30.5 Å². The minimum Gasteiger partial charge on any atom is -0.382 e. The average molecular weight is 228 g/mol. The van der Waals surface area contributed by atoms with Crippen LogP contribution in [0.4, 0.5) is 5.69 Å². The predicted octanol–water partition coefficient (Wildman–Crippen LogP) is 2.38. The second-order valence-corrected chi connectivity index (χ2v) is 4.32. The van der Waals surface area contributed by atoms with E-state index in [2.05, 4.69) is 24.1 Å². The van der Waals surface area contributed by atoms with E-state index in [0.29, 0.717) is 23.5 Å². The standard InChI is InChI=1S/C11H18ClN3/c1-8(2)9(6-13)7-15-10-4-3-5-14-11(10)12/h3-5,8-9,15H,6-7,13H2,1-2H3. The van der Waals surface area contributed by atoms with Gasteiger partial charge in [-0.1, -0.05) is 25.4 Å². The highest BCUT2D eigenvalue weighted by molar-refractivity contribution is 6.31. The summed E-state index contributed by atoms with van der Waals surface area (Å²) in [5.74, 6) is 1.03. The normalized spacial score (nSPS) is 12.9. The van der Waals surface area contributed by atoms with Crippen molar-refractivity contribution < 1.29 is 0 Å². The molecule has 0 bridgehead atoms. The zero-order valence-electron chi connectivity index (χ0n) is 9.20. The summed E-state index contributed by atoms with van der Waals surface area (Å²) in [6, 6.07) is 3.78. The zero-order chi connectivity index (χ0) is 11.3. The van der Waals surface area contributed by atoms with Gasteiger partial charge < -0.3 is 11.1 Å². The summed E-state index contributed by atoms with van der Waals surface area (Å²) in [7, 11) is 0. The third-order valence-electron chi connectivity index (χ3n) is 2.56. The Morgan fingerprint density at radius 2 is 2.27 bits per heavy atom. The third-order valence-corrected chi connectivity index (χ3v) is 2.86. The lowest BCUT2D eigenvalue weighted by Gasteiger charge is -2.20. The highest BCUT2D eigenvalue weighted by Gasteiger charge is 2.11. The average Bonchev–Trinajstić information content (AvgIpc) is 2.21. The van der Waals surface area contributed by atoms with Crippen molar-refractivity contribution in [2.75, 3.05) is 18.4 Å². The minimum absolute atomic E-state index is 0.460. The first kappa shape index (κ1) is 12.3. The number of hydrogen-bond acceptors (Lipinski definition) is 3. The largest absolute Gasteiger partial charge is 0.382 e. The lowest BCUT2D eigenvalue weighted by atomic mass is 9.96. The Kier molecular flexibility index (Phi) is 4.85. The highest BCUT2D eigenvalue weighted by atomic mass is 35.5. The molecule has 3 N–H and O–H groups in total.